The average Bonchev–Trinajstić information content (AvgIpc) is 2.30. The Morgan fingerprint density at radius 3 is 2.25 bits per heavy atom. The normalized spacial score (nSPS) is 19.9. The molecule has 94 valence electrons. The minimum atomic E-state index is -0.644. The molecule has 0 amide bonds. The van der Waals surface area contributed by atoms with Crippen LogP contribution in [0.5, 0.6) is 0 Å². The third kappa shape index (κ3) is 3.78. The van der Waals surface area contributed by atoms with Crippen LogP contribution in [0.25, 0.3) is 0 Å². The van der Waals surface area contributed by atoms with Crippen LogP contribution in [0, 0.1) is 5.92 Å². The zero-order chi connectivity index (χ0) is 12.0. The van der Waals surface area contributed by atoms with Gasteiger partial charge in [-0.15, -0.1) is 0 Å². The van der Waals surface area contributed by atoms with E-state index in [0.717, 1.165) is 19.5 Å². The Morgan fingerprint density at radius 2 is 1.81 bits per heavy atom. The van der Waals surface area contributed by atoms with Crippen LogP contribution in [0.2, 0.25) is 0 Å². The molecule has 0 saturated heterocycles. The fourth-order valence-corrected chi connectivity index (χ4v) is 2.81. The number of carbonyl (C=O) groups is 1. The summed E-state index contributed by atoms with van der Waals surface area (Å²) < 4.78 is 0. The van der Waals surface area contributed by atoms with Crippen LogP contribution in [0.3, 0.4) is 0 Å². The molecule has 0 aromatic heterocycles. The minimum absolute atomic E-state index is 0.266. The molecule has 1 unspecified atom stereocenters. The van der Waals surface area contributed by atoms with Crippen LogP contribution in [0.4, 0.5) is 0 Å². The molecule has 1 aliphatic carbocycles. The van der Waals surface area contributed by atoms with Crippen molar-refractivity contribution < 1.29 is 9.90 Å². The summed E-state index contributed by atoms with van der Waals surface area (Å²) in [6, 6.07) is -0.266. The molecular weight excluding hydrogens is 202 g/mol. The van der Waals surface area contributed by atoms with E-state index in [1.165, 1.54) is 32.1 Å². The topological polar surface area (TPSA) is 40.5 Å². The van der Waals surface area contributed by atoms with Crippen LogP contribution in [0.15, 0.2) is 0 Å². The lowest BCUT2D eigenvalue weighted by Crippen LogP contribution is -2.42. The quantitative estimate of drug-likeness (QED) is 0.758. The van der Waals surface area contributed by atoms with Crippen molar-refractivity contribution in [3.05, 3.63) is 0 Å². The zero-order valence-corrected chi connectivity index (χ0v) is 10.6. The highest BCUT2D eigenvalue weighted by Crippen LogP contribution is 2.28. The van der Waals surface area contributed by atoms with Gasteiger partial charge in [0.25, 0.3) is 0 Å². The molecule has 0 heterocycles. The molecule has 1 fully saturated rings. The summed E-state index contributed by atoms with van der Waals surface area (Å²) in [5, 5.41) is 9.29. The lowest BCUT2D eigenvalue weighted by molar-refractivity contribution is -0.144. The molecule has 3 heteroatoms. The van der Waals surface area contributed by atoms with E-state index in [2.05, 4.69) is 4.90 Å². The Hall–Kier alpha value is -0.570. The number of nitrogens with zero attached hydrogens (tertiary/aromatic N) is 1. The monoisotopic (exact) mass is 227 g/mol. The van der Waals surface area contributed by atoms with Gasteiger partial charge in [0, 0.05) is 0 Å². The van der Waals surface area contributed by atoms with E-state index in [4.69, 9.17) is 0 Å². The number of hydrogen-bond donors (Lipinski definition) is 1. The van der Waals surface area contributed by atoms with E-state index in [1.54, 1.807) is 0 Å². The average molecular weight is 227 g/mol. The molecule has 0 radical (unpaired) electrons. The van der Waals surface area contributed by atoms with Gasteiger partial charge in [-0.2, -0.15) is 0 Å². The summed E-state index contributed by atoms with van der Waals surface area (Å²) in [5.74, 6) is -0.00952. The largest absolute Gasteiger partial charge is 0.480 e. The van der Waals surface area contributed by atoms with Crippen molar-refractivity contribution in [2.24, 2.45) is 5.92 Å². The first-order valence-electron chi connectivity index (χ1n) is 6.65. The van der Waals surface area contributed by atoms with E-state index >= 15 is 0 Å². The highest BCUT2D eigenvalue weighted by atomic mass is 16.4. The number of carboxylic acid groups (broad SMARTS) is 1. The van der Waals surface area contributed by atoms with Crippen LogP contribution < -0.4 is 0 Å². The molecule has 1 saturated carbocycles. The van der Waals surface area contributed by atoms with Gasteiger partial charge in [-0.25, -0.2) is 0 Å². The predicted octanol–water partition coefficient (Wildman–Crippen LogP) is 2.75. The van der Waals surface area contributed by atoms with Gasteiger partial charge in [-0.05, 0) is 25.4 Å². The fraction of sp³-hybridized carbons (Fsp3) is 0.923. The van der Waals surface area contributed by atoms with Crippen molar-refractivity contribution in [2.45, 2.75) is 58.4 Å². The second-order valence-corrected chi connectivity index (χ2v) is 4.81. The summed E-state index contributed by atoms with van der Waals surface area (Å²) in [4.78, 5) is 13.4. The van der Waals surface area contributed by atoms with Crippen molar-refractivity contribution in [1.29, 1.82) is 0 Å². The number of likely N-dealkylation sites (N-methyl/N-ethyl adjacent to an activating group) is 1. The first-order valence-corrected chi connectivity index (χ1v) is 6.65. The second kappa shape index (κ2) is 6.89. The third-order valence-electron chi connectivity index (χ3n) is 3.82. The number of carboxylic acids is 1. The molecule has 1 rings (SSSR count). The Bertz CT molecular complexity index is 208. The minimum Gasteiger partial charge on any atom is -0.480 e. The Morgan fingerprint density at radius 1 is 1.25 bits per heavy atom. The van der Waals surface area contributed by atoms with E-state index in [9.17, 15) is 9.90 Å². The van der Waals surface area contributed by atoms with Crippen LogP contribution in [-0.4, -0.2) is 35.1 Å². The van der Waals surface area contributed by atoms with Gasteiger partial charge in [0.1, 0.15) is 6.04 Å². The van der Waals surface area contributed by atoms with Gasteiger partial charge in [-0.3, -0.25) is 9.69 Å². The molecule has 1 N–H and O–H groups in total. The molecule has 0 bridgehead atoms. The lowest BCUT2D eigenvalue weighted by Gasteiger charge is -2.31. The molecule has 0 aliphatic heterocycles. The molecule has 3 nitrogen and oxygen atoms in total. The first-order chi connectivity index (χ1) is 7.69. The summed E-state index contributed by atoms with van der Waals surface area (Å²) in [6.07, 6.45) is 7.21. The van der Waals surface area contributed by atoms with Gasteiger partial charge < -0.3 is 5.11 Å². The standard InChI is InChI=1S/C13H25NO2/c1-3-14(4-2)12(13(15)16)10-11-8-6-5-7-9-11/h11-12H,3-10H2,1-2H3,(H,15,16). The molecule has 16 heavy (non-hydrogen) atoms. The Labute approximate surface area is 98.8 Å². The fourth-order valence-electron chi connectivity index (χ4n) is 2.81. The maximum Gasteiger partial charge on any atom is 0.320 e. The van der Waals surface area contributed by atoms with Crippen molar-refractivity contribution in [3.8, 4) is 0 Å². The van der Waals surface area contributed by atoms with Gasteiger partial charge in [0.2, 0.25) is 0 Å². The number of aliphatic carboxylic acids is 1. The molecule has 0 aromatic rings. The lowest BCUT2D eigenvalue weighted by atomic mass is 9.84. The highest BCUT2D eigenvalue weighted by molar-refractivity contribution is 5.73. The Balaban J connectivity index is 2.52. The van der Waals surface area contributed by atoms with Crippen LogP contribution >= 0.6 is 0 Å². The van der Waals surface area contributed by atoms with Crippen molar-refractivity contribution in [3.63, 3.8) is 0 Å². The van der Waals surface area contributed by atoms with E-state index < -0.39 is 5.97 Å². The summed E-state index contributed by atoms with van der Waals surface area (Å²) in [6.45, 7) is 5.75. The molecule has 0 spiro atoms. The second-order valence-electron chi connectivity index (χ2n) is 4.81. The van der Waals surface area contributed by atoms with Crippen LogP contribution in [-0.2, 0) is 4.79 Å². The maximum atomic E-state index is 11.3. The predicted molar refractivity (Wildman–Crippen MR) is 65.5 cm³/mol. The van der Waals surface area contributed by atoms with Gasteiger partial charge in [0.05, 0.1) is 0 Å². The first kappa shape index (κ1) is 13.5. The molecular formula is C13H25NO2. The molecule has 1 aliphatic rings. The SMILES string of the molecule is CCN(CC)C(CC1CCCCC1)C(=O)O. The van der Waals surface area contributed by atoms with E-state index in [-0.39, 0.29) is 6.04 Å². The summed E-state index contributed by atoms with van der Waals surface area (Å²) in [5.41, 5.74) is 0. The highest BCUT2D eigenvalue weighted by Gasteiger charge is 2.27. The number of hydrogen-bond acceptors (Lipinski definition) is 2. The van der Waals surface area contributed by atoms with Gasteiger partial charge in [0.15, 0.2) is 0 Å². The molecule has 0 aromatic carbocycles. The number of rotatable bonds is 6. The smallest absolute Gasteiger partial charge is 0.320 e. The van der Waals surface area contributed by atoms with E-state index in [1.807, 2.05) is 13.8 Å². The van der Waals surface area contributed by atoms with Crippen LogP contribution in [0.1, 0.15) is 52.4 Å². The maximum absolute atomic E-state index is 11.3. The van der Waals surface area contributed by atoms with Gasteiger partial charge >= 0.3 is 5.97 Å². The summed E-state index contributed by atoms with van der Waals surface area (Å²) in [7, 11) is 0. The summed E-state index contributed by atoms with van der Waals surface area (Å²) >= 11 is 0. The van der Waals surface area contributed by atoms with E-state index in [0.29, 0.717) is 5.92 Å². The van der Waals surface area contributed by atoms with Crippen molar-refractivity contribution in [1.82, 2.24) is 4.90 Å². The van der Waals surface area contributed by atoms with Crippen molar-refractivity contribution in [2.75, 3.05) is 13.1 Å². The Kier molecular flexibility index (Phi) is 5.81. The van der Waals surface area contributed by atoms with Crippen molar-refractivity contribution >= 4 is 5.97 Å². The third-order valence-corrected chi connectivity index (χ3v) is 3.82. The molecule has 1 atom stereocenters. The van der Waals surface area contributed by atoms with Gasteiger partial charge in [-0.1, -0.05) is 46.0 Å². The zero-order valence-electron chi connectivity index (χ0n) is 10.6.